The van der Waals surface area contributed by atoms with Crippen LogP contribution in [0.1, 0.15) is 53.5 Å². The summed E-state index contributed by atoms with van der Waals surface area (Å²) >= 11 is 0. The molecule has 0 radical (unpaired) electrons. The summed E-state index contributed by atoms with van der Waals surface area (Å²) < 4.78 is 38.8. The Morgan fingerprint density at radius 3 is 2.33 bits per heavy atom. The predicted octanol–water partition coefficient (Wildman–Crippen LogP) is 5.75. The van der Waals surface area contributed by atoms with Gasteiger partial charge in [-0.25, -0.2) is 17.9 Å². The van der Waals surface area contributed by atoms with E-state index in [1.807, 2.05) is 51.1 Å². The SMILES string of the molecule is Cc1ccc(S(=O)(=O)NCCCCCC(=O)Oc2cc(C)cc3oc(=O)c(Cc4ccccc4)c(C)c23)cc1. The molecule has 0 spiro atoms. The van der Waals surface area contributed by atoms with Gasteiger partial charge in [0.05, 0.1) is 10.3 Å². The Morgan fingerprint density at radius 1 is 0.897 bits per heavy atom. The number of sulfonamides is 1. The normalized spacial score (nSPS) is 11.6. The first-order valence-corrected chi connectivity index (χ1v) is 14.5. The maximum absolute atomic E-state index is 12.8. The van der Waals surface area contributed by atoms with Crippen molar-refractivity contribution < 1.29 is 22.4 Å². The van der Waals surface area contributed by atoms with Crippen molar-refractivity contribution in [2.75, 3.05) is 6.54 Å². The van der Waals surface area contributed by atoms with E-state index in [0.29, 0.717) is 48.0 Å². The number of ether oxygens (including phenoxy) is 1. The lowest BCUT2D eigenvalue weighted by Crippen LogP contribution is -2.24. The van der Waals surface area contributed by atoms with Gasteiger partial charge in [0.2, 0.25) is 10.0 Å². The Bertz CT molecular complexity index is 1620. The van der Waals surface area contributed by atoms with Crippen LogP contribution in [0.4, 0.5) is 0 Å². The van der Waals surface area contributed by atoms with Gasteiger partial charge in [0.1, 0.15) is 11.3 Å². The van der Waals surface area contributed by atoms with Crippen LogP contribution in [-0.4, -0.2) is 20.9 Å². The fourth-order valence-corrected chi connectivity index (χ4v) is 5.55. The number of hydrogen-bond acceptors (Lipinski definition) is 6. The lowest BCUT2D eigenvalue weighted by Gasteiger charge is -2.13. The van der Waals surface area contributed by atoms with Crippen molar-refractivity contribution in [3.8, 4) is 5.75 Å². The van der Waals surface area contributed by atoms with E-state index < -0.39 is 21.6 Å². The van der Waals surface area contributed by atoms with Gasteiger partial charge in [-0.1, -0.05) is 54.4 Å². The number of esters is 1. The molecule has 0 atom stereocenters. The molecule has 204 valence electrons. The Kier molecular flexibility index (Phi) is 8.99. The second kappa shape index (κ2) is 12.4. The third kappa shape index (κ3) is 7.22. The molecule has 7 nitrogen and oxygen atoms in total. The summed E-state index contributed by atoms with van der Waals surface area (Å²) in [5.74, 6) is -0.0197. The summed E-state index contributed by atoms with van der Waals surface area (Å²) in [6.45, 7) is 5.89. The zero-order chi connectivity index (χ0) is 28.0. The van der Waals surface area contributed by atoms with E-state index in [1.165, 1.54) is 0 Å². The largest absolute Gasteiger partial charge is 0.426 e. The van der Waals surface area contributed by atoms with E-state index in [-0.39, 0.29) is 17.9 Å². The van der Waals surface area contributed by atoms with Crippen molar-refractivity contribution in [2.45, 2.75) is 57.8 Å². The van der Waals surface area contributed by atoms with Gasteiger partial charge in [0.15, 0.2) is 0 Å². The van der Waals surface area contributed by atoms with Crippen LogP contribution in [0.15, 0.2) is 80.8 Å². The Morgan fingerprint density at radius 2 is 1.62 bits per heavy atom. The topological polar surface area (TPSA) is 103 Å². The molecule has 0 aliphatic heterocycles. The summed E-state index contributed by atoms with van der Waals surface area (Å²) in [5, 5.41) is 0.616. The molecule has 4 rings (SSSR count). The predicted molar refractivity (Wildman–Crippen MR) is 152 cm³/mol. The average Bonchev–Trinajstić information content (AvgIpc) is 2.89. The van der Waals surface area contributed by atoms with E-state index in [2.05, 4.69) is 4.72 Å². The number of carbonyl (C=O) groups excluding carboxylic acids is 1. The summed E-state index contributed by atoms with van der Waals surface area (Å²) in [6, 6.07) is 19.9. The Hall–Kier alpha value is -3.75. The third-order valence-corrected chi connectivity index (χ3v) is 8.09. The number of unbranched alkanes of at least 4 members (excludes halogenated alkanes) is 2. The van der Waals surface area contributed by atoms with Crippen LogP contribution in [0.3, 0.4) is 0 Å². The van der Waals surface area contributed by atoms with Gasteiger partial charge in [-0.15, -0.1) is 0 Å². The summed E-state index contributed by atoms with van der Waals surface area (Å²) in [7, 11) is -3.55. The third-order valence-electron chi connectivity index (χ3n) is 6.62. The number of aryl methyl sites for hydroxylation is 3. The number of fused-ring (bicyclic) bond motifs is 1. The zero-order valence-electron chi connectivity index (χ0n) is 22.5. The van der Waals surface area contributed by atoms with E-state index >= 15 is 0 Å². The molecule has 0 saturated heterocycles. The van der Waals surface area contributed by atoms with Crippen LogP contribution in [0, 0.1) is 20.8 Å². The molecule has 0 saturated carbocycles. The van der Waals surface area contributed by atoms with Crippen molar-refractivity contribution in [3.05, 3.63) is 105 Å². The van der Waals surface area contributed by atoms with Crippen LogP contribution < -0.4 is 15.1 Å². The van der Waals surface area contributed by atoms with Crippen molar-refractivity contribution in [3.63, 3.8) is 0 Å². The Labute approximate surface area is 228 Å². The summed E-state index contributed by atoms with van der Waals surface area (Å²) in [6.07, 6.45) is 2.42. The van der Waals surface area contributed by atoms with Crippen LogP contribution in [0.25, 0.3) is 11.0 Å². The standard InChI is InChI=1S/C31H33NO6S/c1-21-13-15-25(16-14-21)39(35,36)32-17-9-5-8-12-29(33)37-27-18-22(2)19-28-30(27)23(3)26(31(34)38-28)20-24-10-6-4-7-11-24/h4,6-7,10-11,13-16,18-19,32H,5,8-9,12,17,20H2,1-3H3. The van der Waals surface area contributed by atoms with Gasteiger partial charge < -0.3 is 9.15 Å². The van der Waals surface area contributed by atoms with Crippen LogP contribution in [-0.2, 0) is 21.2 Å². The van der Waals surface area contributed by atoms with Crippen LogP contribution in [0.2, 0.25) is 0 Å². The molecule has 39 heavy (non-hydrogen) atoms. The molecule has 1 N–H and O–H groups in total. The maximum Gasteiger partial charge on any atom is 0.340 e. The summed E-state index contributed by atoms with van der Waals surface area (Å²) in [5.41, 5.74) is 4.04. The van der Waals surface area contributed by atoms with Gasteiger partial charge in [-0.3, -0.25) is 4.79 Å². The average molecular weight is 548 g/mol. The fourth-order valence-electron chi connectivity index (χ4n) is 4.47. The fraction of sp³-hybridized carbons (Fsp3) is 0.290. The van der Waals surface area contributed by atoms with Crippen LogP contribution in [0.5, 0.6) is 5.75 Å². The van der Waals surface area contributed by atoms with Crippen molar-refractivity contribution >= 4 is 27.0 Å². The zero-order valence-corrected chi connectivity index (χ0v) is 23.3. The minimum atomic E-state index is -3.55. The lowest BCUT2D eigenvalue weighted by atomic mass is 9.98. The molecule has 3 aromatic carbocycles. The van der Waals surface area contributed by atoms with Crippen molar-refractivity contribution in [1.29, 1.82) is 0 Å². The highest BCUT2D eigenvalue weighted by Crippen LogP contribution is 2.32. The smallest absolute Gasteiger partial charge is 0.340 e. The molecule has 0 amide bonds. The second-order valence-electron chi connectivity index (χ2n) is 9.79. The minimum absolute atomic E-state index is 0.187. The molecule has 0 aliphatic rings. The number of nitrogens with one attached hydrogen (secondary N) is 1. The van der Waals surface area contributed by atoms with Crippen molar-refractivity contribution in [2.24, 2.45) is 0 Å². The first kappa shape index (κ1) is 28.3. The van der Waals surface area contributed by atoms with Gasteiger partial charge >= 0.3 is 11.6 Å². The highest BCUT2D eigenvalue weighted by molar-refractivity contribution is 7.89. The van der Waals surface area contributed by atoms with Gasteiger partial charge in [-0.2, -0.15) is 0 Å². The molecule has 8 heteroatoms. The molecule has 1 aromatic heterocycles. The molecule has 0 fully saturated rings. The first-order chi connectivity index (χ1) is 18.6. The second-order valence-corrected chi connectivity index (χ2v) is 11.6. The molecule has 0 unspecified atom stereocenters. The highest BCUT2D eigenvalue weighted by atomic mass is 32.2. The van der Waals surface area contributed by atoms with E-state index in [0.717, 1.165) is 22.3 Å². The molecule has 0 aliphatic carbocycles. The van der Waals surface area contributed by atoms with E-state index in [1.54, 1.807) is 36.4 Å². The van der Waals surface area contributed by atoms with Gasteiger partial charge in [0, 0.05) is 24.9 Å². The van der Waals surface area contributed by atoms with E-state index in [4.69, 9.17) is 9.15 Å². The number of benzene rings is 3. The number of carbonyl (C=O) groups is 1. The monoisotopic (exact) mass is 547 g/mol. The lowest BCUT2D eigenvalue weighted by molar-refractivity contribution is -0.134. The molecular formula is C31H33NO6S. The molecule has 0 bridgehead atoms. The van der Waals surface area contributed by atoms with Crippen molar-refractivity contribution in [1.82, 2.24) is 4.72 Å². The van der Waals surface area contributed by atoms with E-state index in [9.17, 15) is 18.0 Å². The number of rotatable bonds is 11. The highest BCUT2D eigenvalue weighted by Gasteiger charge is 2.18. The maximum atomic E-state index is 12.8. The molecular weight excluding hydrogens is 514 g/mol. The number of hydrogen-bond donors (Lipinski definition) is 1. The summed E-state index contributed by atoms with van der Waals surface area (Å²) in [4.78, 5) is 25.7. The quantitative estimate of drug-likeness (QED) is 0.111. The van der Waals surface area contributed by atoms with Crippen LogP contribution >= 0.6 is 0 Å². The first-order valence-electron chi connectivity index (χ1n) is 13.0. The Balaban J connectivity index is 1.36. The minimum Gasteiger partial charge on any atom is -0.426 e. The van der Waals surface area contributed by atoms with Gasteiger partial charge in [-0.05, 0) is 74.6 Å². The molecule has 1 heterocycles. The van der Waals surface area contributed by atoms with Gasteiger partial charge in [0.25, 0.3) is 0 Å². The molecule has 4 aromatic rings.